The highest BCUT2D eigenvalue weighted by molar-refractivity contribution is 6.19. The molecule has 8 nitrogen and oxygen atoms in total. The molecule has 1 heterocycles. The van der Waals surface area contributed by atoms with Crippen LogP contribution in [0, 0.1) is 13.8 Å². The van der Waals surface area contributed by atoms with Gasteiger partial charge in [0.15, 0.2) is 11.8 Å². The zero-order valence-electron chi connectivity index (χ0n) is 18.2. The van der Waals surface area contributed by atoms with E-state index in [-0.39, 0.29) is 13.0 Å². The van der Waals surface area contributed by atoms with Crippen molar-refractivity contribution in [2.24, 2.45) is 0 Å². The molecule has 3 amide bonds. The molecular weight excluding hydrogens is 410 g/mol. The highest BCUT2D eigenvalue weighted by Crippen LogP contribution is 2.31. The number of aliphatic carboxylic acids is 1. The van der Waals surface area contributed by atoms with Crippen LogP contribution in [0.15, 0.2) is 54.7 Å². The molecule has 0 fully saturated rings. The lowest BCUT2D eigenvalue weighted by molar-refractivity contribution is -0.137. The first kappa shape index (κ1) is 22.7. The number of rotatable bonds is 6. The van der Waals surface area contributed by atoms with Gasteiger partial charge in [-0.15, -0.1) is 0 Å². The average Bonchev–Trinajstić information content (AvgIpc) is 2.73. The normalized spacial score (nSPS) is 15.6. The summed E-state index contributed by atoms with van der Waals surface area (Å²) in [6.07, 6.45) is 2.32. The molecule has 0 aliphatic carbocycles. The number of carbonyl (C=O) groups excluding carboxylic acids is 3. The Morgan fingerprint density at radius 1 is 1.09 bits per heavy atom. The number of nitrogens with one attached hydrogen (secondary N) is 1. The summed E-state index contributed by atoms with van der Waals surface area (Å²) < 4.78 is 0. The Morgan fingerprint density at radius 2 is 1.75 bits per heavy atom. The predicted octanol–water partition coefficient (Wildman–Crippen LogP) is 2.88. The molecule has 0 bridgehead atoms. The number of urea groups is 1. The largest absolute Gasteiger partial charge is 0.481 e. The smallest absolute Gasteiger partial charge is 0.323 e. The molecule has 1 aliphatic rings. The molecule has 2 aromatic carbocycles. The van der Waals surface area contributed by atoms with Crippen molar-refractivity contribution in [3.05, 3.63) is 65.9 Å². The Kier molecular flexibility index (Phi) is 6.73. The third kappa shape index (κ3) is 4.69. The van der Waals surface area contributed by atoms with Crippen molar-refractivity contribution >= 4 is 29.4 Å². The van der Waals surface area contributed by atoms with Gasteiger partial charge in [-0.05, 0) is 48.2 Å². The van der Waals surface area contributed by atoms with E-state index in [1.54, 1.807) is 18.2 Å². The lowest BCUT2D eigenvalue weighted by Gasteiger charge is -2.33. The first-order valence-corrected chi connectivity index (χ1v) is 10.1. The van der Waals surface area contributed by atoms with E-state index in [2.05, 4.69) is 5.32 Å². The van der Waals surface area contributed by atoms with Crippen molar-refractivity contribution in [1.82, 2.24) is 10.2 Å². The van der Waals surface area contributed by atoms with Crippen LogP contribution >= 0.6 is 0 Å². The van der Waals surface area contributed by atoms with E-state index in [1.165, 1.54) is 24.2 Å². The van der Waals surface area contributed by atoms with Crippen LogP contribution in [-0.4, -0.2) is 53.3 Å². The molecule has 1 atom stereocenters. The molecule has 2 N–H and O–H groups in total. The van der Waals surface area contributed by atoms with Gasteiger partial charge in [0.05, 0.1) is 6.42 Å². The number of anilines is 1. The molecule has 32 heavy (non-hydrogen) atoms. The van der Waals surface area contributed by atoms with Crippen LogP contribution in [0.3, 0.4) is 0 Å². The summed E-state index contributed by atoms with van der Waals surface area (Å²) in [5.74, 6) is -2.15. The van der Waals surface area contributed by atoms with Crippen LogP contribution in [0.5, 0.6) is 0 Å². The minimum absolute atomic E-state index is 0.137. The third-order valence-corrected chi connectivity index (χ3v) is 5.30. The van der Waals surface area contributed by atoms with Crippen molar-refractivity contribution in [3.63, 3.8) is 0 Å². The molecule has 166 valence electrons. The summed E-state index contributed by atoms with van der Waals surface area (Å²) in [6, 6.07) is 10.9. The Balaban J connectivity index is 2.06. The molecule has 8 heteroatoms. The summed E-state index contributed by atoms with van der Waals surface area (Å²) in [4.78, 5) is 51.8. The van der Waals surface area contributed by atoms with Gasteiger partial charge in [0, 0.05) is 31.6 Å². The van der Waals surface area contributed by atoms with E-state index < -0.39 is 29.7 Å². The van der Waals surface area contributed by atoms with E-state index in [9.17, 15) is 19.2 Å². The van der Waals surface area contributed by atoms with Crippen molar-refractivity contribution in [3.8, 4) is 11.1 Å². The second kappa shape index (κ2) is 9.47. The average molecular weight is 435 g/mol. The number of amides is 3. The fraction of sp³-hybridized carbons (Fsp3) is 0.250. The number of hydrogen-bond donors (Lipinski definition) is 2. The maximum Gasteiger partial charge on any atom is 0.323 e. The van der Waals surface area contributed by atoms with Gasteiger partial charge >= 0.3 is 12.0 Å². The lowest BCUT2D eigenvalue weighted by atomic mass is 9.95. The summed E-state index contributed by atoms with van der Waals surface area (Å²) in [6.45, 7) is 3.83. The summed E-state index contributed by atoms with van der Waals surface area (Å²) >= 11 is 0. The third-order valence-electron chi connectivity index (χ3n) is 5.30. The van der Waals surface area contributed by atoms with Crippen LogP contribution in [0.2, 0.25) is 0 Å². The monoisotopic (exact) mass is 435 g/mol. The van der Waals surface area contributed by atoms with E-state index >= 15 is 0 Å². The molecule has 0 saturated carbocycles. The molecular formula is C24H25N3O5. The van der Waals surface area contributed by atoms with Gasteiger partial charge in [-0.1, -0.05) is 30.3 Å². The molecule has 1 aliphatic heterocycles. The predicted molar refractivity (Wildman–Crippen MR) is 120 cm³/mol. The number of carboxylic acid groups (broad SMARTS) is 1. The van der Waals surface area contributed by atoms with Crippen molar-refractivity contribution in [2.45, 2.75) is 26.3 Å². The van der Waals surface area contributed by atoms with E-state index in [0.717, 1.165) is 27.2 Å². The number of carboxylic acids is 1. The van der Waals surface area contributed by atoms with Gasteiger partial charge in [0.2, 0.25) is 0 Å². The van der Waals surface area contributed by atoms with E-state index in [0.29, 0.717) is 5.69 Å². The Bertz CT molecular complexity index is 1090. The Morgan fingerprint density at radius 3 is 2.41 bits per heavy atom. The topological polar surface area (TPSA) is 107 Å². The number of ketones is 1. The second-order valence-electron chi connectivity index (χ2n) is 7.63. The van der Waals surface area contributed by atoms with E-state index in [1.807, 2.05) is 38.1 Å². The van der Waals surface area contributed by atoms with E-state index in [4.69, 9.17) is 5.11 Å². The molecule has 0 unspecified atom stereocenters. The van der Waals surface area contributed by atoms with Crippen LogP contribution < -0.4 is 10.2 Å². The summed E-state index contributed by atoms with van der Waals surface area (Å²) in [5, 5.41) is 11.4. The first-order valence-electron chi connectivity index (χ1n) is 10.1. The zero-order chi connectivity index (χ0) is 23.4. The first-order chi connectivity index (χ1) is 15.2. The molecule has 3 rings (SSSR count). The highest BCUT2D eigenvalue weighted by atomic mass is 16.4. The summed E-state index contributed by atoms with van der Waals surface area (Å²) in [5.41, 5.74) is 4.28. The quantitative estimate of drug-likeness (QED) is 0.679. The van der Waals surface area contributed by atoms with Gasteiger partial charge in [-0.25, -0.2) is 4.79 Å². The zero-order valence-corrected chi connectivity index (χ0v) is 18.2. The molecule has 2 aromatic rings. The second-order valence-corrected chi connectivity index (χ2v) is 7.63. The SMILES string of the molecule is Cc1cccc(C)c1-c1cccc(N(C(=O)NCCC(=O)O)[C@H]2C(=O)C=CN(C)C2=O)c1. The van der Waals surface area contributed by atoms with Crippen LogP contribution in [0.1, 0.15) is 17.5 Å². The number of hydrogen-bond acceptors (Lipinski definition) is 4. The summed E-state index contributed by atoms with van der Waals surface area (Å²) in [7, 11) is 1.51. The molecule has 0 radical (unpaired) electrons. The van der Waals surface area contributed by atoms with Gasteiger partial charge < -0.3 is 15.3 Å². The molecule has 0 spiro atoms. The minimum atomic E-state index is -1.39. The van der Waals surface area contributed by atoms with Gasteiger partial charge in [-0.3, -0.25) is 19.3 Å². The fourth-order valence-corrected chi connectivity index (χ4v) is 3.73. The Hall–Kier alpha value is -3.94. The van der Waals surface area contributed by atoms with Crippen molar-refractivity contribution < 1.29 is 24.3 Å². The van der Waals surface area contributed by atoms with Crippen molar-refractivity contribution in [1.29, 1.82) is 0 Å². The van der Waals surface area contributed by atoms with Crippen LogP contribution in [0.25, 0.3) is 11.1 Å². The highest BCUT2D eigenvalue weighted by Gasteiger charge is 2.39. The number of aryl methyl sites for hydroxylation is 2. The number of likely N-dealkylation sites (N-methyl/N-ethyl adjacent to an activating group) is 1. The number of nitrogens with zero attached hydrogens (tertiary/aromatic N) is 2. The van der Waals surface area contributed by atoms with Gasteiger partial charge in [0.25, 0.3) is 5.91 Å². The van der Waals surface area contributed by atoms with Gasteiger partial charge in [-0.2, -0.15) is 0 Å². The minimum Gasteiger partial charge on any atom is -0.481 e. The lowest BCUT2D eigenvalue weighted by Crippen LogP contribution is -2.57. The van der Waals surface area contributed by atoms with Gasteiger partial charge in [0.1, 0.15) is 0 Å². The fourth-order valence-electron chi connectivity index (χ4n) is 3.73. The maximum atomic E-state index is 13.1. The number of benzene rings is 2. The molecule has 0 saturated heterocycles. The number of carbonyl (C=O) groups is 4. The Labute approximate surface area is 186 Å². The maximum absolute atomic E-state index is 13.1. The van der Waals surface area contributed by atoms with Crippen LogP contribution in [0.4, 0.5) is 10.5 Å². The van der Waals surface area contributed by atoms with Crippen molar-refractivity contribution in [2.75, 3.05) is 18.5 Å². The molecule has 0 aromatic heterocycles. The standard InChI is InChI=1S/C24H25N3O5/c1-15-6-4-7-16(2)21(15)17-8-5-9-18(14-17)27(24(32)25-12-10-20(29)30)22-19(28)11-13-26(3)23(22)31/h4-9,11,13-14,22H,10,12H2,1-3H3,(H,25,32)(H,29,30)/t22-/m0/s1. The van der Waals surface area contributed by atoms with Crippen LogP contribution in [-0.2, 0) is 14.4 Å².